The number of aryl methyl sites for hydroxylation is 3. The average molecular weight is 471 g/mol. The van der Waals surface area contributed by atoms with Crippen LogP contribution in [0.3, 0.4) is 0 Å². The minimum Gasteiger partial charge on any atom is -0.449 e. The van der Waals surface area contributed by atoms with Gasteiger partial charge in [0.2, 0.25) is 5.79 Å². The second kappa shape index (κ2) is 7.04. The Kier molecular flexibility index (Phi) is 4.91. The van der Waals surface area contributed by atoms with E-state index in [2.05, 4.69) is 15.9 Å². The normalized spacial score (nSPS) is 14.8. The summed E-state index contributed by atoms with van der Waals surface area (Å²) in [5.41, 5.74) is 3.17. The fourth-order valence-corrected chi connectivity index (χ4v) is 7.50. The average Bonchev–Trinajstić information content (AvgIpc) is 3.01. The van der Waals surface area contributed by atoms with Crippen molar-refractivity contribution in [2.45, 2.75) is 40.4 Å². The summed E-state index contributed by atoms with van der Waals surface area (Å²) >= 11 is 3.70. The third kappa shape index (κ3) is 3.43. The maximum Gasteiger partial charge on any atom is 0.246 e. The summed E-state index contributed by atoms with van der Waals surface area (Å²) in [5, 5.41) is 2.32. The molecule has 150 valence electrons. The summed E-state index contributed by atoms with van der Waals surface area (Å²) in [5.74, 6) is 0.556. The smallest absolute Gasteiger partial charge is 0.246 e. The Labute approximate surface area is 180 Å². The molecule has 0 saturated heterocycles. The van der Waals surface area contributed by atoms with Crippen molar-refractivity contribution in [2.24, 2.45) is 0 Å². The first kappa shape index (κ1) is 20.3. The fourth-order valence-electron chi connectivity index (χ4n) is 3.63. The van der Waals surface area contributed by atoms with Crippen LogP contribution in [0.15, 0.2) is 59.1 Å². The van der Waals surface area contributed by atoms with Gasteiger partial charge in [-0.05, 0) is 48.3 Å². The van der Waals surface area contributed by atoms with Gasteiger partial charge in [0.15, 0.2) is 18.6 Å². The van der Waals surface area contributed by atoms with Crippen LogP contribution in [0.5, 0.6) is 11.5 Å². The zero-order valence-corrected chi connectivity index (χ0v) is 19.7. The van der Waals surface area contributed by atoms with E-state index < -0.39 is 12.9 Å². The third-order valence-corrected chi connectivity index (χ3v) is 9.35. The monoisotopic (exact) mass is 470 g/mol. The Morgan fingerprint density at radius 1 is 0.793 bits per heavy atom. The lowest BCUT2D eigenvalue weighted by Crippen LogP contribution is -2.30. The van der Waals surface area contributed by atoms with Crippen molar-refractivity contribution in [1.82, 2.24) is 0 Å². The molecule has 5 heteroatoms. The number of hydrogen-bond donors (Lipinski definition) is 0. The van der Waals surface area contributed by atoms with Crippen molar-refractivity contribution in [3.05, 3.63) is 75.8 Å². The van der Waals surface area contributed by atoms with Crippen LogP contribution in [-0.4, -0.2) is 5.79 Å². The van der Waals surface area contributed by atoms with Crippen molar-refractivity contribution in [1.29, 1.82) is 0 Å². The van der Waals surface area contributed by atoms with Crippen LogP contribution < -0.4 is 25.4 Å². The van der Waals surface area contributed by atoms with E-state index in [-0.39, 0.29) is 0 Å². The van der Waals surface area contributed by atoms with Gasteiger partial charge < -0.3 is 14.0 Å². The van der Waals surface area contributed by atoms with E-state index in [4.69, 9.17) is 9.47 Å². The van der Waals surface area contributed by atoms with Crippen LogP contribution >= 0.6 is 23.1 Å². The lowest BCUT2D eigenvalue weighted by atomic mass is 10.2. The molecule has 4 rings (SSSR count). The zero-order valence-electron chi connectivity index (χ0n) is 17.2. The van der Waals surface area contributed by atoms with Gasteiger partial charge in [-0.15, -0.1) is 0 Å². The van der Waals surface area contributed by atoms with Crippen molar-refractivity contribution in [3.63, 3.8) is 0 Å². The molecule has 0 radical (unpaired) electrons. The van der Waals surface area contributed by atoms with Gasteiger partial charge in [-0.25, -0.2) is 0 Å². The number of benzene rings is 3. The highest BCUT2D eigenvalue weighted by Crippen LogP contribution is 2.52. The maximum absolute atomic E-state index is 14.8. The molecule has 0 spiro atoms. The molecule has 0 N–H and O–H groups in total. The van der Waals surface area contributed by atoms with Crippen LogP contribution in [0, 0.1) is 20.8 Å². The van der Waals surface area contributed by atoms with E-state index in [1.807, 2.05) is 89.2 Å². The molecule has 1 aliphatic heterocycles. The Morgan fingerprint density at radius 2 is 1.24 bits per heavy atom. The van der Waals surface area contributed by atoms with Gasteiger partial charge in [0, 0.05) is 29.8 Å². The molecule has 3 nitrogen and oxygen atoms in total. The number of halogens is 1. The molecule has 0 atom stereocenters. The summed E-state index contributed by atoms with van der Waals surface area (Å²) in [6, 6.07) is 17.9. The lowest BCUT2D eigenvalue weighted by Gasteiger charge is -2.23. The second-order valence-corrected chi connectivity index (χ2v) is 11.6. The summed E-state index contributed by atoms with van der Waals surface area (Å²) in [6.45, 7) is 9.77. The molecule has 0 bridgehead atoms. The molecule has 1 heterocycles. The maximum atomic E-state index is 14.8. The van der Waals surface area contributed by atoms with Crippen LogP contribution in [0.2, 0.25) is 0 Å². The molecule has 1 aliphatic rings. The summed E-state index contributed by atoms with van der Waals surface area (Å²) in [4.78, 5) is 0. The van der Waals surface area contributed by atoms with E-state index >= 15 is 0 Å². The van der Waals surface area contributed by atoms with Crippen molar-refractivity contribution in [2.75, 3.05) is 0 Å². The van der Waals surface area contributed by atoms with E-state index in [9.17, 15) is 4.57 Å². The van der Waals surface area contributed by atoms with Gasteiger partial charge >= 0.3 is 0 Å². The van der Waals surface area contributed by atoms with Crippen molar-refractivity contribution in [3.8, 4) is 11.5 Å². The Bertz CT molecular complexity index is 1080. The molecule has 3 aromatic rings. The van der Waals surface area contributed by atoms with Gasteiger partial charge in [-0.2, -0.15) is 0 Å². The molecule has 29 heavy (non-hydrogen) atoms. The van der Waals surface area contributed by atoms with E-state index in [0.717, 1.165) is 32.6 Å². The van der Waals surface area contributed by atoms with E-state index in [0.29, 0.717) is 16.0 Å². The van der Waals surface area contributed by atoms with Gasteiger partial charge in [-0.3, -0.25) is 0 Å². The van der Waals surface area contributed by atoms with Crippen LogP contribution in [0.4, 0.5) is 0 Å². The molecule has 0 aliphatic carbocycles. The fraction of sp³-hybridized carbons (Fsp3) is 0.250. The minimum atomic E-state index is -3.14. The van der Waals surface area contributed by atoms with Crippen LogP contribution in [0.1, 0.15) is 30.5 Å². The standard InChI is InChI=1S/C24H24BrO3P/c1-15-6-10-18(11-7-15)29(26,19-12-8-16(2)9-13-19)20-14-17(3)22-23(21(20)25)28-24(4,5)27-22/h6-14H,1-5H3. The van der Waals surface area contributed by atoms with Crippen molar-refractivity contribution < 1.29 is 14.0 Å². The first-order valence-corrected chi connectivity index (χ1v) is 12.1. The minimum absolute atomic E-state index is 0.615. The van der Waals surface area contributed by atoms with Crippen LogP contribution in [0.25, 0.3) is 0 Å². The Balaban J connectivity index is 2.01. The first-order valence-electron chi connectivity index (χ1n) is 9.58. The lowest BCUT2D eigenvalue weighted by molar-refractivity contribution is -0.0436. The van der Waals surface area contributed by atoms with Crippen LogP contribution in [-0.2, 0) is 4.57 Å². The molecule has 0 fully saturated rings. The van der Waals surface area contributed by atoms with Gasteiger partial charge in [-0.1, -0.05) is 59.7 Å². The highest BCUT2D eigenvalue weighted by Gasteiger charge is 2.40. The predicted molar refractivity (Wildman–Crippen MR) is 123 cm³/mol. The zero-order chi connectivity index (χ0) is 21.0. The van der Waals surface area contributed by atoms with E-state index in [1.54, 1.807) is 0 Å². The van der Waals surface area contributed by atoms with Gasteiger partial charge in [0.05, 0.1) is 4.47 Å². The predicted octanol–water partition coefficient (Wildman–Crippen LogP) is 5.52. The molecule has 0 saturated carbocycles. The SMILES string of the molecule is Cc1ccc(P(=O)(c2ccc(C)cc2)c2cc(C)c3c(c2Br)OC(C)(C)O3)cc1. The summed E-state index contributed by atoms with van der Waals surface area (Å²) < 4.78 is 27.6. The number of rotatable bonds is 3. The highest BCUT2D eigenvalue weighted by molar-refractivity contribution is 9.10. The molecular formula is C24H24BrO3P. The van der Waals surface area contributed by atoms with E-state index in [1.165, 1.54) is 0 Å². The van der Waals surface area contributed by atoms with Crippen molar-refractivity contribution >= 4 is 39.0 Å². The number of fused-ring (bicyclic) bond motifs is 1. The molecule has 0 unspecified atom stereocenters. The van der Waals surface area contributed by atoms with Gasteiger partial charge in [0.1, 0.15) is 0 Å². The molecular weight excluding hydrogens is 447 g/mol. The third-order valence-electron chi connectivity index (χ3n) is 5.17. The molecule has 0 aromatic heterocycles. The summed E-state index contributed by atoms with van der Waals surface area (Å²) in [6.07, 6.45) is 0. The largest absolute Gasteiger partial charge is 0.449 e. The summed E-state index contributed by atoms with van der Waals surface area (Å²) in [7, 11) is -3.14. The number of ether oxygens (including phenoxy) is 2. The second-order valence-electron chi connectivity index (χ2n) is 8.07. The quantitative estimate of drug-likeness (QED) is 0.472. The topological polar surface area (TPSA) is 35.5 Å². The first-order chi connectivity index (χ1) is 13.6. The molecule has 3 aromatic carbocycles. The Hall–Kier alpha value is -2.03. The Morgan fingerprint density at radius 3 is 1.72 bits per heavy atom. The number of hydrogen-bond acceptors (Lipinski definition) is 3. The molecule has 0 amide bonds. The highest BCUT2D eigenvalue weighted by atomic mass is 79.9. The van der Waals surface area contributed by atoms with Gasteiger partial charge in [0.25, 0.3) is 0 Å².